The van der Waals surface area contributed by atoms with Crippen LogP contribution in [0, 0.1) is 0 Å². The molecule has 1 unspecified atom stereocenters. The van der Waals surface area contributed by atoms with Crippen LogP contribution in [-0.4, -0.2) is 4.57 Å². The van der Waals surface area contributed by atoms with Crippen molar-refractivity contribution in [2.24, 2.45) is 0 Å². The van der Waals surface area contributed by atoms with Gasteiger partial charge in [-0.05, 0) is 127 Å². The normalized spacial score (nSPS) is 15.6. The van der Waals surface area contributed by atoms with Crippen molar-refractivity contribution in [3.63, 3.8) is 0 Å². The molecular formula is C64H44N2. The number of rotatable bonds is 5. The van der Waals surface area contributed by atoms with E-state index in [1.54, 1.807) is 0 Å². The van der Waals surface area contributed by atoms with Gasteiger partial charge in [-0.25, -0.2) is 0 Å². The van der Waals surface area contributed by atoms with E-state index < -0.39 is 5.41 Å². The summed E-state index contributed by atoms with van der Waals surface area (Å²) in [6.07, 6.45) is 0. The third-order valence-corrected chi connectivity index (χ3v) is 15.2. The third kappa shape index (κ3) is 4.91. The molecule has 2 aliphatic carbocycles. The van der Waals surface area contributed by atoms with E-state index in [2.05, 4.69) is 254 Å². The molecule has 0 amide bonds. The summed E-state index contributed by atoms with van der Waals surface area (Å²) in [6.45, 7) is 4.71. The first-order valence-corrected chi connectivity index (χ1v) is 23.2. The Morgan fingerprint density at radius 3 is 1.71 bits per heavy atom. The summed E-state index contributed by atoms with van der Waals surface area (Å²) in [7, 11) is 0. The summed E-state index contributed by atoms with van der Waals surface area (Å²) in [6, 6.07) is 86.2. The lowest BCUT2D eigenvalue weighted by Crippen LogP contribution is -2.33. The highest BCUT2D eigenvalue weighted by Crippen LogP contribution is 2.62. The van der Waals surface area contributed by atoms with E-state index in [0.29, 0.717) is 0 Å². The van der Waals surface area contributed by atoms with Crippen molar-refractivity contribution in [2.45, 2.75) is 24.7 Å². The predicted molar refractivity (Wildman–Crippen MR) is 275 cm³/mol. The standard InChI is InChI=1S/C64H44N2/c1-63(2)53-24-10-6-20-47(53)49-37-33-42(39-57(49)63)41-31-35-45(36-32-41)65(44-17-4-3-5-18-44)59-28-13-8-19-46(59)43-34-38-50-48-21-7-11-25-54(48)64(58(50)40-43)55-26-12-15-30-61(55)66-60-29-14-9-22-51(60)52-23-16-27-56(64)62(52)66/h3-40H,1-2H3. The van der Waals surface area contributed by atoms with Crippen molar-refractivity contribution in [1.29, 1.82) is 0 Å². The van der Waals surface area contributed by atoms with Gasteiger partial charge in [0.2, 0.25) is 0 Å². The minimum absolute atomic E-state index is 0.0522. The number of hydrogen-bond acceptors (Lipinski definition) is 1. The average molecular weight is 841 g/mol. The maximum absolute atomic E-state index is 2.52. The fraction of sp³-hybridized carbons (Fsp3) is 0.0625. The van der Waals surface area contributed by atoms with Crippen LogP contribution in [0.4, 0.5) is 17.1 Å². The quantitative estimate of drug-likeness (QED) is 0.168. The van der Waals surface area contributed by atoms with Crippen LogP contribution in [0.3, 0.4) is 0 Å². The van der Waals surface area contributed by atoms with Gasteiger partial charge in [-0.2, -0.15) is 0 Å². The lowest BCUT2D eigenvalue weighted by Gasteiger charge is -2.39. The van der Waals surface area contributed by atoms with Gasteiger partial charge < -0.3 is 9.47 Å². The van der Waals surface area contributed by atoms with Gasteiger partial charge in [0.1, 0.15) is 0 Å². The lowest BCUT2D eigenvalue weighted by molar-refractivity contribution is 0.660. The molecule has 310 valence electrons. The number of anilines is 3. The molecule has 1 atom stereocenters. The average Bonchev–Trinajstić information content (AvgIpc) is 3.95. The lowest BCUT2D eigenvalue weighted by atomic mass is 9.65. The third-order valence-electron chi connectivity index (χ3n) is 15.2. The van der Waals surface area contributed by atoms with Gasteiger partial charge in [0, 0.05) is 33.1 Å². The van der Waals surface area contributed by atoms with Crippen molar-refractivity contribution in [2.75, 3.05) is 4.90 Å². The second-order valence-corrected chi connectivity index (χ2v) is 18.8. The fourth-order valence-corrected chi connectivity index (χ4v) is 12.3. The van der Waals surface area contributed by atoms with E-state index >= 15 is 0 Å². The topological polar surface area (TPSA) is 8.17 Å². The summed E-state index contributed by atoms with van der Waals surface area (Å²) < 4.78 is 2.52. The molecule has 0 saturated heterocycles. The Kier molecular flexibility index (Phi) is 7.70. The molecule has 11 aromatic rings. The van der Waals surface area contributed by atoms with Crippen molar-refractivity contribution >= 4 is 38.9 Å². The maximum Gasteiger partial charge on any atom is 0.0754 e. The largest absolute Gasteiger partial charge is 0.310 e. The zero-order valence-electron chi connectivity index (χ0n) is 36.8. The summed E-state index contributed by atoms with van der Waals surface area (Å²) in [5.74, 6) is 0. The SMILES string of the molecule is CC1(C)c2ccccc2-c2ccc(-c3ccc(N(c4ccccc4)c4ccccc4-c4ccc5c(c4)C4(c6ccccc6-5)c5ccccc5-n5c6ccccc6c6cccc4c65)cc3)cc21. The summed E-state index contributed by atoms with van der Waals surface area (Å²) >= 11 is 0. The minimum Gasteiger partial charge on any atom is -0.310 e. The van der Waals surface area contributed by atoms with E-state index in [4.69, 9.17) is 0 Å². The first-order chi connectivity index (χ1) is 32.5. The molecule has 1 aliphatic heterocycles. The minimum atomic E-state index is -0.526. The highest BCUT2D eigenvalue weighted by molar-refractivity contribution is 6.13. The number of aromatic nitrogens is 1. The van der Waals surface area contributed by atoms with Crippen LogP contribution in [0.2, 0.25) is 0 Å². The van der Waals surface area contributed by atoms with Gasteiger partial charge in [-0.15, -0.1) is 0 Å². The molecule has 2 heteroatoms. The molecule has 1 spiro atoms. The van der Waals surface area contributed by atoms with Gasteiger partial charge in [-0.3, -0.25) is 0 Å². The number of benzene rings is 10. The van der Waals surface area contributed by atoms with Crippen molar-refractivity contribution in [3.8, 4) is 50.2 Å². The molecule has 2 nitrogen and oxygen atoms in total. The molecule has 14 rings (SSSR count). The number of nitrogens with zero attached hydrogens (tertiary/aromatic N) is 2. The van der Waals surface area contributed by atoms with Crippen molar-refractivity contribution < 1.29 is 0 Å². The number of hydrogen-bond donors (Lipinski definition) is 0. The second-order valence-electron chi connectivity index (χ2n) is 18.8. The van der Waals surface area contributed by atoms with E-state index in [1.807, 2.05) is 0 Å². The van der Waals surface area contributed by atoms with Gasteiger partial charge in [0.25, 0.3) is 0 Å². The molecule has 0 saturated carbocycles. The Morgan fingerprint density at radius 2 is 0.894 bits per heavy atom. The molecule has 2 heterocycles. The smallest absolute Gasteiger partial charge is 0.0754 e. The molecule has 0 radical (unpaired) electrons. The molecule has 3 aliphatic rings. The Balaban J connectivity index is 0.939. The van der Waals surface area contributed by atoms with Crippen molar-refractivity contribution in [1.82, 2.24) is 4.57 Å². The van der Waals surface area contributed by atoms with E-state index in [9.17, 15) is 0 Å². The van der Waals surface area contributed by atoms with Gasteiger partial charge in [-0.1, -0.05) is 190 Å². The van der Waals surface area contributed by atoms with Gasteiger partial charge in [0.15, 0.2) is 0 Å². The van der Waals surface area contributed by atoms with Crippen LogP contribution in [0.5, 0.6) is 0 Å². The number of para-hydroxylation sites is 5. The van der Waals surface area contributed by atoms with Crippen LogP contribution in [0.1, 0.15) is 47.2 Å². The summed E-state index contributed by atoms with van der Waals surface area (Å²) in [5, 5.41) is 2.58. The highest BCUT2D eigenvalue weighted by Gasteiger charge is 2.51. The van der Waals surface area contributed by atoms with Gasteiger partial charge >= 0.3 is 0 Å². The van der Waals surface area contributed by atoms with E-state index in [0.717, 1.165) is 17.1 Å². The van der Waals surface area contributed by atoms with Crippen LogP contribution >= 0.6 is 0 Å². The molecular weight excluding hydrogens is 797 g/mol. The molecule has 0 N–H and O–H groups in total. The molecule has 1 aromatic heterocycles. The first kappa shape index (κ1) is 37.2. The molecule has 0 bridgehead atoms. The molecule has 10 aromatic carbocycles. The fourth-order valence-electron chi connectivity index (χ4n) is 12.3. The Morgan fingerprint density at radius 1 is 0.348 bits per heavy atom. The Bertz CT molecular complexity index is 3800. The van der Waals surface area contributed by atoms with Crippen LogP contribution < -0.4 is 4.90 Å². The second kappa shape index (κ2) is 13.7. The van der Waals surface area contributed by atoms with Crippen LogP contribution in [0.25, 0.3) is 72.0 Å². The molecule has 66 heavy (non-hydrogen) atoms. The first-order valence-electron chi connectivity index (χ1n) is 23.2. The van der Waals surface area contributed by atoms with E-state index in [-0.39, 0.29) is 5.41 Å². The number of fused-ring (bicyclic) bond motifs is 15. The Labute approximate surface area is 385 Å². The van der Waals surface area contributed by atoms with Crippen LogP contribution in [0.15, 0.2) is 231 Å². The summed E-state index contributed by atoms with van der Waals surface area (Å²) in [4.78, 5) is 2.42. The highest BCUT2D eigenvalue weighted by atomic mass is 15.1. The monoisotopic (exact) mass is 840 g/mol. The van der Waals surface area contributed by atoms with Crippen molar-refractivity contribution in [3.05, 3.63) is 264 Å². The predicted octanol–water partition coefficient (Wildman–Crippen LogP) is 16.6. The summed E-state index contributed by atoms with van der Waals surface area (Å²) in [5.41, 5.74) is 24.7. The van der Waals surface area contributed by atoms with Gasteiger partial charge in [0.05, 0.1) is 27.8 Å². The zero-order valence-corrected chi connectivity index (χ0v) is 36.8. The van der Waals surface area contributed by atoms with Crippen LogP contribution in [-0.2, 0) is 10.8 Å². The molecule has 0 fully saturated rings. The Hall–Kier alpha value is -8.20. The maximum atomic E-state index is 2.52. The van der Waals surface area contributed by atoms with E-state index in [1.165, 1.54) is 105 Å². The zero-order chi connectivity index (χ0) is 43.7.